The lowest BCUT2D eigenvalue weighted by Crippen LogP contribution is -2.28. The molecular weight excluding hydrogens is 314 g/mol. The number of nitrogens with one attached hydrogen (secondary N) is 1. The van der Waals surface area contributed by atoms with Crippen LogP contribution in [0.25, 0.3) is 0 Å². The fourth-order valence-corrected chi connectivity index (χ4v) is 2.86. The molecule has 0 saturated heterocycles. The Hall–Kier alpha value is -0.200. The molecule has 104 valence electrons. The Morgan fingerprint density at radius 2 is 2.22 bits per heavy atom. The lowest BCUT2D eigenvalue weighted by molar-refractivity contribution is 0.506. The zero-order valence-electron chi connectivity index (χ0n) is 11.5. The van der Waals surface area contributed by atoms with Crippen molar-refractivity contribution >= 4 is 26.7 Å². The first-order valence-electron chi connectivity index (χ1n) is 6.20. The molecule has 0 aliphatic heterocycles. The van der Waals surface area contributed by atoms with Crippen molar-refractivity contribution in [3.8, 4) is 0 Å². The molecule has 1 N–H and O–H groups in total. The third kappa shape index (κ3) is 4.48. The van der Waals surface area contributed by atoms with Crippen LogP contribution in [0.15, 0.2) is 4.47 Å². The van der Waals surface area contributed by atoms with Gasteiger partial charge in [0.05, 0.1) is 15.9 Å². The zero-order chi connectivity index (χ0) is 13.7. The molecule has 1 heterocycles. The molecule has 0 fully saturated rings. The van der Waals surface area contributed by atoms with E-state index in [4.69, 9.17) is 0 Å². The summed E-state index contributed by atoms with van der Waals surface area (Å²) in [6.45, 7) is 7.87. The first-order valence-corrected chi connectivity index (χ1v) is 8.72. The maximum Gasteiger partial charge on any atom is 0.0739 e. The van der Waals surface area contributed by atoms with Crippen molar-refractivity contribution in [2.75, 3.05) is 12.0 Å². The summed E-state index contributed by atoms with van der Waals surface area (Å²) in [5.41, 5.74) is 2.20. The number of hydrogen-bond donors (Lipinski definition) is 1. The molecule has 1 aromatic heterocycles. The Morgan fingerprint density at radius 1 is 1.56 bits per heavy atom. The summed E-state index contributed by atoms with van der Waals surface area (Å²) in [6.07, 6.45) is 2.68. The van der Waals surface area contributed by atoms with Gasteiger partial charge in [-0.3, -0.25) is 8.89 Å². The van der Waals surface area contributed by atoms with Crippen LogP contribution in [0.5, 0.6) is 0 Å². The summed E-state index contributed by atoms with van der Waals surface area (Å²) in [6, 6.07) is 0.362. The molecule has 0 aliphatic rings. The van der Waals surface area contributed by atoms with Gasteiger partial charge in [-0.2, -0.15) is 5.10 Å². The minimum atomic E-state index is -0.707. The monoisotopic (exact) mass is 335 g/mol. The van der Waals surface area contributed by atoms with Gasteiger partial charge in [-0.05, 0) is 43.1 Å². The predicted molar refractivity (Wildman–Crippen MR) is 80.2 cm³/mol. The van der Waals surface area contributed by atoms with Crippen LogP contribution in [0.2, 0.25) is 0 Å². The van der Waals surface area contributed by atoms with E-state index >= 15 is 0 Å². The smallest absolute Gasteiger partial charge is 0.0739 e. The van der Waals surface area contributed by atoms with Crippen molar-refractivity contribution in [1.29, 1.82) is 0 Å². The third-order valence-corrected chi connectivity index (χ3v) is 4.75. The zero-order valence-corrected chi connectivity index (χ0v) is 13.9. The van der Waals surface area contributed by atoms with Crippen LogP contribution in [0.3, 0.4) is 0 Å². The molecule has 1 rings (SSSR count). The summed E-state index contributed by atoms with van der Waals surface area (Å²) in [4.78, 5) is 0. The van der Waals surface area contributed by atoms with Crippen LogP contribution in [0.4, 0.5) is 0 Å². The highest BCUT2D eigenvalue weighted by molar-refractivity contribution is 9.10. The maximum absolute atomic E-state index is 11.0. The molecule has 6 heteroatoms. The van der Waals surface area contributed by atoms with Crippen LogP contribution in [-0.2, 0) is 23.9 Å². The molecule has 4 nitrogen and oxygen atoms in total. The van der Waals surface area contributed by atoms with Crippen molar-refractivity contribution < 1.29 is 4.21 Å². The molecule has 0 aromatic carbocycles. The van der Waals surface area contributed by atoms with E-state index in [1.807, 2.05) is 11.6 Å². The van der Waals surface area contributed by atoms with E-state index in [1.54, 1.807) is 6.26 Å². The summed E-state index contributed by atoms with van der Waals surface area (Å²) >= 11 is 3.58. The number of aryl methyl sites for hydroxylation is 2. The van der Waals surface area contributed by atoms with Gasteiger partial charge in [0.2, 0.25) is 0 Å². The SMILES string of the molecule is CCn1nc(C)c(Br)c1CNC(C)CCS(C)=O. The number of hydrogen-bond acceptors (Lipinski definition) is 3. The van der Waals surface area contributed by atoms with E-state index in [9.17, 15) is 4.21 Å². The average molecular weight is 336 g/mol. The largest absolute Gasteiger partial charge is 0.309 e. The fraction of sp³-hybridized carbons (Fsp3) is 0.750. The number of aromatic nitrogens is 2. The van der Waals surface area contributed by atoms with Crippen LogP contribution in [0.1, 0.15) is 31.7 Å². The molecule has 0 aliphatic carbocycles. The highest BCUT2D eigenvalue weighted by Crippen LogP contribution is 2.20. The first-order chi connectivity index (χ1) is 8.45. The van der Waals surface area contributed by atoms with Crippen LogP contribution in [-0.4, -0.2) is 32.0 Å². The van der Waals surface area contributed by atoms with Gasteiger partial charge in [-0.25, -0.2) is 0 Å². The van der Waals surface area contributed by atoms with Crippen molar-refractivity contribution in [3.05, 3.63) is 15.9 Å². The lowest BCUT2D eigenvalue weighted by Gasteiger charge is -2.14. The molecule has 2 unspecified atom stereocenters. The van der Waals surface area contributed by atoms with Gasteiger partial charge in [0.1, 0.15) is 0 Å². The maximum atomic E-state index is 11.0. The van der Waals surface area contributed by atoms with Crippen LogP contribution < -0.4 is 5.32 Å². The molecule has 1 aromatic rings. The van der Waals surface area contributed by atoms with Crippen molar-refractivity contribution in [3.63, 3.8) is 0 Å². The molecule has 18 heavy (non-hydrogen) atoms. The second kappa shape index (κ2) is 7.40. The van der Waals surface area contributed by atoms with Gasteiger partial charge in [0.15, 0.2) is 0 Å². The molecule has 0 radical (unpaired) electrons. The molecule has 0 spiro atoms. The van der Waals surface area contributed by atoms with Gasteiger partial charge in [0.25, 0.3) is 0 Å². The topological polar surface area (TPSA) is 46.9 Å². The van der Waals surface area contributed by atoms with Gasteiger partial charge in [0, 0.05) is 41.9 Å². The summed E-state index contributed by atoms with van der Waals surface area (Å²) in [7, 11) is -0.707. The Labute approximate surface area is 120 Å². The van der Waals surface area contributed by atoms with E-state index in [1.165, 1.54) is 5.69 Å². The molecule has 0 bridgehead atoms. The molecule has 2 atom stereocenters. The van der Waals surface area contributed by atoms with E-state index in [0.29, 0.717) is 6.04 Å². The Bertz CT molecular complexity index is 420. The van der Waals surface area contributed by atoms with E-state index in [-0.39, 0.29) is 0 Å². The van der Waals surface area contributed by atoms with E-state index in [2.05, 4.69) is 40.2 Å². The van der Waals surface area contributed by atoms with Gasteiger partial charge < -0.3 is 5.32 Å². The summed E-state index contributed by atoms with van der Waals surface area (Å²) < 4.78 is 14.1. The quantitative estimate of drug-likeness (QED) is 0.831. The Morgan fingerprint density at radius 3 is 2.78 bits per heavy atom. The molecular formula is C12H22BrN3OS. The lowest BCUT2D eigenvalue weighted by atomic mass is 10.2. The van der Waals surface area contributed by atoms with Gasteiger partial charge in [-0.1, -0.05) is 0 Å². The third-order valence-electron chi connectivity index (χ3n) is 2.91. The number of rotatable bonds is 7. The van der Waals surface area contributed by atoms with E-state index < -0.39 is 10.8 Å². The van der Waals surface area contributed by atoms with Crippen molar-refractivity contribution in [2.24, 2.45) is 0 Å². The summed E-state index contributed by atoms with van der Waals surface area (Å²) in [5, 5.41) is 7.92. The highest BCUT2D eigenvalue weighted by Gasteiger charge is 2.12. The Kier molecular flexibility index (Phi) is 6.52. The Balaban J connectivity index is 2.55. The molecule has 0 amide bonds. The van der Waals surface area contributed by atoms with Crippen LogP contribution >= 0.6 is 15.9 Å². The second-order valence-electron chi connectivity index (χ2n) is 4.51. The minimum absolute atomic E-state index is 0.362. The average Bonchev–Trinajstić information content (AvgIpc) is 2.60. The number of nitrogens with zero attached hydrogens (tertiary/aromatic N) is 2. The minimum Gasteiger partial charge on any atom is -0.309 e. The van der Waals surface area contributed by atoms with Gasteiger partial charge in [-0.15, -0.1) is 0 Å². The predicted octanol–water partition coefficient (Wildman–Crippen LogP) is 2.22. The fourth-order valence-electron chi connectivity index (χ4n) is 1.75. The van der Waals surface area contributed by atoms with Crippen molar-refractivity contribution in [2.45, 2.75) is 46.3 Å². The number of halogens is 1. The summed E-state index contributed by atoms with van der Waals surface area (Å²) in [5.74, 6) is 0.751. The van der Waals surface area contributed by atoms with E-state index in [0.717, 1.165) is 35.4 Å². The highest BCUT2D eigenvalue weighted by atomic mass is 79.9. The second-order valence-corrected chi connectivity index (χ2v) is 6.86. The normalized spacial score (nSPS) is 14.7. The molecule has 0 saturated carbocycles. The van der Waals surface area contributed by atoms with Gasteiger partial charge >= 0.3 is 0 Å². The first kappa shape index (κ1) is 15.9. The van der Waals surface area contributed by atoms with Crippen molar-refractivity contribution in [1.82, 2.24) is 15.1 Å². The standard InChI is InChI=1S/C12H22BrN3OS/c1-5-16-11(12(13)10(3)15-16)8-14-9(2)6-7-18(4)17/h9,14H,5-8H2,1-4H3. The van der Waals surface area contributed by atoms with Crippen LogP contribution in [0, 0.1) is 6.92 Å².